The highest BCUT2D eigenvalue weighted by molar-refractivity contribution is 5.97. The van der Waals surface area contributed by atoms with Crippen molar-refractivity contribution in [2.24, 2.45) is 5.41 Å². The summed E-state index contributed by atoms with van der Waals surface area (Å²) < 4.78 is 7.00. The van der Waals surface area contributed by atoms with Gasteiger partial charge in [0.1, 0.15) is 0 Å². The average Bonchev–Trinajstić information content (AvgIpc) is 3.13. The number of nitrogens with one attached hydrogen (secondary N) is 1. The standard InChI is InChI=1S/C22H25N5O2/c1-22(2)15-23-11-12-26(21(22)28)19-13-18(16-7-5-4-6-8-16)27(25-19)17-9-10-20(29-3)24-14-17/h4-10,13-14,23H,11-12,15H2,1-3H3. The molecule has 0 radical (unpaired) electrons. The first kappa shape index (κ1) is 19.1. The molecule has 0 unspecified atom stereocenters. The van der Waals surface area contributed by atoms with Gasteiger partial charge in [-0.15, -0.1) is 5.10 Å². The molecule has 7 heteroatoms. The predicted octanol–water partition coefficient (Wildman–Crippen LogP) is 2.91. The molecule has 2 aromatic heterocycles. The zero-order valence-electron chi connectivity index (χ0n) is 16.9. The largest absolute Gasteiger partial charge is 0.481 e. The van der Waals surface area contributed by atoms with Crippen LogP contribution in [0.2, 0.25) is 0 Å². The van der Waals surface area contributed by atoms with Gasteiger partial charge in [0, 0.05) is 37.3 Å². The van der Waals surface area contributed by atoms with E-state index in [2.05, 4.69) is 10.3 Å². The molecule has 4 rings (SSSR count). The molecule has 29 heavy (non-hydrogen) atoms. The molecule has 1 N–H and O–H groups in total. The molecule has 1 aromatic carbocycles. The summed E-state index contributed by atoms with van der Waals surface area (Å²) in [6.07, 6.45) is 1.72. The van der Waals surface area contributed by atoms with Crippen molar-refractivity contribution in [3.05, 3.63) is 54.7 Å². The Labute approximate surface area is 170 Å². The highest BCUT2D eigenvalue weighted by Gasteiger charge is 2.36. The fourth-order valence-electron chi connectivity index (χ4n) is 3.48. The summed E-state index contributed by atoms with van der Waals surface area (Å²) in [5.41, 5.74) is 2.22. The molecule has 3 aromatic rings. The normalized spacial score (nSPS) is 16.5. The van der Waals surface area contributed by atoms with Gasteiger partial charge in [-0.05, 0) is 19.9 Å². The lowest BCUT2D eigenvalue weighted by molar-refractivity contribution is -0.125. The molecular formula is C22H25N5O2. The first-order valence-electron chi connectivity index (χ1n) is 9.68. The Morgan fingerprint density at radius 2 is 1.93 bits per heavy atom. The Balaban J connectivity index is 1.82. The smallest absolute Gasteiger partial charge is 0.235 e. The SMILES string of the molecule is COc1ccc(-n2nc(N3CCNCC(C)(C)C3=O)cc2-c2ccccc2)cn1. The maximum atomic E-state index is 13.2. The Bertz CT molecular complexity index is 996. The number of pyridine rings is 1. The van der Waals surface area contributed by atoms with E-state index in [1.165, 1.54) is 0 Å². The van der Waals surface area contributed by atoms with E-state index in [4.69, 9.17) is 9.84 Å². The number of hydrogen-bond acceptors (Lipinski definition) is 5. The zero-order chi connectivity index (χ0) is 20.4. The van der Waals surface area contributed by atoms with Crippen molar-refractivity contribution in [1.82, 2.24) is 20.1 Å². The van der Waals surface area contributed by atoms with Gasteiger partial charge in [0.15, 0.2) is 5.82 Å². The molecule has 0 aliphatic carbocycles. The summed E-state index contributed by atoms with van der Waals surface area (Å²) in [6.45, 7) is 5.88. The van der Waals surface area contributed by atoms with E-state index in [0.29, 0.717) is 24.8 Å². The fourth-order valence-corrected chi connectivity index (χ4v) is 3.48. The average molecular weight is 391 g/mol. The topological polar surface area (TPSA) is 72.3 Å². The molecule has 0 atom stereocenters. The third-order valence-electron chi connectivity index (χ3n) is 5.12. The van der Waals surface area contributed by atoms with E-state index in [9.17, 15) is 4.79 Å². The van der Waals surface area contributed by atoms with Gasteiger partial charge in [-0.2, -0.15) is 0 Å². The van der Waals surface area contributed by atoms with Crippen LogP contribution >= 0.6 is 0 Å². The lowest BCUT2D eigenvalue weighted by Crippen LogP contribution is -2.42. The zero-order valence-corrected chi connectivity index (χ0v) is 16.9. The summed E-state index contributed by atoms with van der Waals surface area (Å²) in [5, 5.41) is 8.15. The van der Waals surface area contributed by atoms with E-state index in [1.807, 2.05) is 61.0 Å². The molecule has 0 spiro atoms. The Hall–Kier alpha value is -3.19. The van der Waals surface area contributed by atoms with Gasteiger partial charge in [0.25, 0.3) is 0 Å². The van der Waals surface area contributed by atoms with Gasteiger partial charge in [-0.25, -0.2) is 9.67 Å². The summed E-state index contributed by atoms with van der Waals surface area (Å²) in [7, 11) is 1.59. The molecule has 1 aliphatic heterocycles. The third kappa shape index (κ3) is 3.73. The first-order chi connectivity index (χ1) is 14.0. The molecule has 0 saturated carbocycles. The summed E-state index contributed by atoms with van der Waals surface area (Å²) in [4.78, 5) is 19.2. The van der Waals surface area contributed by atoms with Crippen LogP contribution in [0.15, 0.2) is 54.7 Å². The Morgan fingerprint density at radius 3 is 2.62 bits per heavy atom. The minimum Gasteiger partial charge on any atom is -0.481 e. The van der Waals surface area contributed by atoms with Crippen molar-refractivity contribution in [1.29, 1.82) is 0 Å². The van der Waals surface area contributed by atoms with Crippen LogP contribution in [0, 0.1) is 5.41 Å². The van der Waals surface area contributed by atoms with E-state index in [1.54, 1.807) is 24.3 Å². The van der Waals surface area contributed by atoms with Crippen molar-refractivity contribution in [2.45, 2.75) is 13.8 Å². The van der Waals surface area contributed by atoms with Crippen LogP contribution in [0.3, 0.4) is 0 Å². The third-order valence-corrected chi connectivity index (χ3v) is 5.12. The molecule has 1 saturated heterocycles. The van der Waals surface area contributed by atoms with Gasteiger partial charge < -0.3 is 10.1 Å². The van der Waals surface area contributed by atoms with E-state index in [-0.39, 0.29) is 5.91 Å². The molecule has 150 valence electrons. The molecule has 3 heterocycles. The van der Waals surface area contributed by atoms with Crippen molar-refractivity contribution in [3.63, 3.8) is 0 Å². The number of benzene rings is 1. The Kier molecular flexibility index (Phi) is 5.07. The van der Waals surface area contributed by atoms with Gasteiger partial charge in [0.05, 0.1) is 30.1 Å². The molecule has 1 amide bonds. The number of hydrogen-bond donors (Lipinski definition) is 1. The molecule has 7 nitrogen and oxygen atoms in total. The second-order valence-corrected chi connectivity index (χ2v) is 7.74. The van der Waals surface area contributed by atoms with Crippen LogP contribution in [0.25, 0.3) is 16.9 Å². The fraction of sp³-hybridized carbons (Fsp3) is 0.318. The lowest BCUT2D eigenvalue weighted by Gasteiger charge is -2.26. The van der Waals surface area contributed by atoms with E-state index >= 15 is 0 Å². The monoisotopic (exact) mass is 391 g/mol. The number of nitrogens with zero attached hydrogens (tertiary/aromatic N) is 4. The molecular weight excluding hydrogens is 366 g/mol. The minimum atomic E-state index is -0.491. The second kappa shape index (κ2) is 7.67. The van der Waals surface area contributed by atoms with Gasteiger partial charge in [-0.1, -0.05) is 30.3 Å². The van der Waals surface area contributed by atoms with Gasteiger partial charge in [0.2, 0.25) is 11.8 Å². The highest BCUT2D eigenvalue weighted by atomic mass is 16.5. The van der Waals surface area contributed by atoms with Crippen LogP contribution in [0.1, 0.15) is 13.8 Å². The van der Waals surface area contributed by atoms with Crippen LogP contribution < -0.4 is 15.0 Å². The molecule has 1 aliphatic rings. The van der Waals surface area contributed by atoms with Crippen molar-refractivity contribution in [3.8, 4) is 22.8 Å². The van der Waals surface area contributed by atoms with Crippen molar-refractivity contribution >= 4 is 11.7 Å². The number of anilines is 1. The van der Waals surface area contributed by atoms with Crippen molar-refractivity contribution < 1.29 is 9.53 Å². The number of carbonyl (C=O) groups is 1. The number of rotatable bonds is 4. The number of aromatic nitrogens is 3. The number of methoxy groups -OCH3 is 1. The van der Waals surface area contributed by atoms with E-state index in [0.717, 1.165) is 23.5 Å². The van der Waals surface area contributed by atoms with E-state index < -0.39 is 5.41 Å². The molecule has 0 bridgehead atoms. The lowest BCUT2D eigenvalue weighted by atomic mass is 9.92. The highest BCUT2D eigenvalue weighted by Crippen LogP contribution is 2.30. The first-order valence-corrected chi connectivity index (χ1v) is 9.68. The minimum absolute atomic E-state index is 0.0691. The summed E-state index contributed by atoms with van der Waals surface area (Å²) in [6, 6.07) is 15.7. The summed E-state index contributed by atoms with van der Waals surface area (Å²) in [5.74, 6) is 1.25. The van der Waals surface area contributed by atoms with Gasteiger partial charge >= 0.3 is 0 Å². The number of amides is 1. The van der Waals surface area contributed by atoms with Crippen LogP contribution in [-0.4, -0.2) is 47.4 Å². The van der Waals surface area contributed by atoms with Crippen LogP contribution in [-0.2, 0) is 4.79 Å². The predicted molar refractivity (Wildman–Crippen MR) is 112 cm³/mol. The van der Waals surface area contributed by atoms with Crippen LogP contribution in [0.4, 0.5) is 5.82 Å². The van der Waals surface area contributed by atoms with Gasteiger partial charge in [-0.3, -0.25) is 9.69 Å². The van der Waals surface area contributed by atoms with Crippen LogP contribution in [0.5, 0.6) is 5.88 Å². The maximum absolute atomic E-state index is 13.2. The quantitative estimate of drug-likeness (QED) is 0.740. The number of carbonyl (C=O) groups excluding carboxylic acids is 1. The Morgan fingerprint density at radius 1 is 1.14 bits per heavy atom. The van der Waals surface area contributed by atoms with Crippen molar-refractivity contribution in [2.75, 3.05) is 31.6 Å². The molecule has 1 fully saturated rings. The number of ether oxygens (including phenoxy) is 1. The maximum Gasteiger partial charge on any atom is 0.235 e. The second-order valence-electron chi connectivity index (χ2n) is 7.74. The summed E-state index contributed by atoms with van der Waals surface area (Å²) >= 11 is 0.